The fourth-order valence-electron chi connectivity index (χ4n) is 0.203. The van der Waals surface area contributed by atoms with Gasteiger partial charge in [-0.1, -0.05) is 46.4 Å². The zero-order valence-corrected chi connectivity index (χ0v) is 13.0. The number of hydrogen-bond donors (Lipinski definition) is 0. The summed E-state index contributed by atoms with van der Waals surface area (Å²) >= 11 is 1.35. The average Bonchev–Trinajstić information content (AvgIpc) is 2.23. The van der Waals surface area contributed by atoms with Crippen molar-refractivity contribution in [3.63, 3.8) is 0 Å². The van der Waals surface area contributed by atoms with E-state index in [2.05, 4.69) is 0 Å². The Morgan fingerprint density at radius 3 is 1.29 bits per heavy atom. The fourth-order valence-corrected chi connectivity index (χ4v) is 0.610. The molecule has 0 bridgehead atoms. The number of alkyl halides is 2. The maximum Gasteiger partial charge on any atom is 0.302 e. The van der Waals surface area contributed by atoms with Crippen LogP contribution in [0.15, 0.2) is 0 Å². The van der Waals surface area contributed by atoms with Crippen LogP contribution in [0.1, 0.15) is 55.4 Å². The number of halogens is 2. The maximum absolute atomic E-state index is 11.5. The highest BCUT2D eigenvalue weighted by Crippen LogP contribution is 2.10. The van der Waals surface area contributed by atoms with E-state index in [9.17, 15) is 18.4 Å². The molecule has 0 aromatic heterocycles. The van der Waals surface area contributed by atoms with Crippen LogP contribution in [-0.4, -0.2) is 22.6 Å². The van der Waals surface area contributed by atoms with Crippen molar-refractivity contribution in [1.82, 2.24) is 0 Å². The highest BCUT2D eigenvalue weighted by atomic mass is 32.2. The number of rotatable bonds is 2. The number of ketones is 1. The van der Waals surface area contributed by atoms with Crippen molar-refractivity contribution in [2.24, 2.45) is 0 Å². The first-order chi connectivity index (χ1) is 7.71. The zero-order chi connectivity index (χ0) is 15.1. The highest BCUT2D eigenvalue weighted by Gasteiger charge is 2.26. The lowest BCUT2D eigenvalue weighted by molar-refractivity contribution is -0.138. The quantitative estimate of drug-likeness (QED) is 0.738. The Kier molecular flexibility index (Phi) is 26.8. The van der Waals surface area contributed by atoms with Crippen molar-refractivity contribution < 1.29 is 18.4 Å². The molecule has 0 radical (unpaired) electrons. The first-order valence-corrected chi connectivity index (χ1v) is 6.72. The summed E-state index contributed by atoms with van der Waals surface area (Å²) < 4.78 is 23.0. The Labute approximate surface area is 109 Å². The summed E-state index contributed by atoms with van der Waals surface area (Å²) in [6, 6.07) is 0. The molecule has 0 atom stereocenters. The molecular formula is C12H26F2O2S. The highest BCUT2D eigenvalue weighted by molar-refractivity contribution is 8.13. The number of carbonyl (C=O) groups excluding carboxylic acids is 2. The predicted octanol–water partition coefficient (Wildman–Crippen LogP) is 4.57. The monoisotopic (exact) mass is 272 g/mol. The van der Waals surface area contributed by atoms with Crippen LogP contribution in [0.2, 0.25) is 0 Å². The second-order valence-corrected chi connectivity index (χ2v) is 3.81. The maximum atomic E-state index is 11.5. The van der Waals surface area contributed by atoms with Gasteiger partial charge in [0.25, 0.3) is 0 Å². The summed E-state index contributed by atoms with van der Waals surface area (Å²) in [6.07, 6.45) is 0. The molecule has 0 N–H and O–H groups in total. The van der Waals surface area contributed by atoms with E-state index < -0.39 is 11.7 Å². The van der Waals surface area contributed by atoms with Gasteiger partial charge in [0.1, 0.15) is 0 Å². The summed E-state index contributed by atoms with van der Waals surface area (Å²) in [6.45, 7) is 13.0. The van der Waals surface area contributed by atoms with E-state index in [1.165, 1.54) is 11.8 Å². The third-order valence-electron chi connectivity index (χ3n) is 0.966. The molecule has 0 aromatic rings. The topological polar surface area (TPSA) is 34.1 Å². The molecule has 0 rings (SSSR count). The lowest BCUT2D eigenvalue weighted by atomic mass is 10.3. The van der Waals surface area contributed by atoms with E-state index in [4.69, 9.17) is 0 Å². The molecule has 0 aliphatic carbocycles. The van der Waals surface area contributed by atoms with Gasteiger partial charge in [0.15, 0.2) is 10.9 Å². The summed E-state index contributed by atoms with van der Waals surface area (Å²) in [5, 5.41) is 0.206. The van der Waals surface area contributed by atoms with E-state index in [1.54, 1.807) is 6.92 Å². The summed E-state index contributed by atoms with van der Waals surface area (Å²) in [5.74, 6) is -3.33. The normalized spacial score (nSPS) is 8.35. The second kappa shape index (κ2) is 17.9. The molecule has 2 nitrogen and oxygen atoms in total. The minimum Gasteiger partial charge on any atom is -0.293 e. The van der Waals surface area contributed by atoms with E-state index in [0.29, 0.717) is 6.92 Å². The Morgan fingerprint density at radius 2 is 1.29 bits per heavy atom. The Morgan fingerprint density at radius 1 is 1.06 bits per heavy atom. The SMILES string of the molecule is CC.CC.CC(=O)C(C)(F)F.CCSC(C)=O. The van der Waals surface area contributed by atoms with E-state index >= 15 is 0 Å². The molecule has 0 heterocycles. The molecule has 0 aliphatic heterocycles. The summed E-state index contributed by atoms with van der Waals surface area (Å²) in [7, 11) is 0. The van der Waals surface area contributed by atoms with Crippen molar-refractivity contribution in [2.45, 2.75) is 61.3 Å². The Balaban J connectivity index is -0.0000000772. The number of Topliss-reactive ketones (excluding diaryl/α,β-unsaturated/α-hetero) is 1. The lowest BCUT2D eigenvalue weighted by Crippen LogP contribution is -2.20. The van der Waals surface area contributed by atoms with Gasteiger partial charge in [-0.25, -0.2) is 0 Å². The zero-order valence-electron chi connectivity index (χ0n) is 12.2. The van der Waals surface area contributed by atoms with Crippen LogP contribution in [0.5, 0.6) is 0 Å². The third-order valence-corrected chi connectivity index (χ3v) is 1.66. The lowest BCUT2D eigenvalue weighted by Gasteiger charge is -2.01. The third kappa shape index (κ3) is 39.1. The van der Waals surface area contributed by atoms with Crippen molar-refractivity contribution >= 4 is 22.7 Å². The summed E-state index contributed by atoms with van der Waals surface area (Å²) in [4.78, 5) is 19.7. The van der Waals surface area contributed by atoms with Gasteiger partial charge in [0.2, 0.25) is 0 Å². The van der Waals surface area contributed by atoms with Crippen LogP contribution in [0.25, 0.3) is 0 Å². The van der Waals surface area contributed by atoms with E-state index in [1.807, 2.05) is 34.6 Å². The van der Waals surface area contributed by atoms with Crippen molar-refractivity contribution in [3.05, 3.63) is 0 Å². The largest absolute Gasteiger partial charge is 0.302 e. The summed E-state index contributed by atoms with van der Waals surface area (Å²) in [5.41, 5.74) is 0. The minimum atomic E-state index is -3.14. The van der Waals surface area contributed by atoms with Crippen molar-refractivity contribution in [3.8, 4) is 0 Å². The Hall–Kier alpha value is -0.450. The van der Waals surface area contributed by atoms with Gasteiger partial charge < -0.3 is 0 Å². The van der Waals surface area contributed by atoms with Gasteiger partial charge in [0.05, 0.1) is 0 Å². The molecule has 0 amide bonds. The molecule has 106 valence electrons. The van der Waals surface area contributed by atoms with E-state index in [-0.39, 0.29) is 5.12 Å². The van der Waals surface area contributed by atoms with Gasteiger partial charge >= 0.3 is 5.92 Å². The molecule has 0 aliphatic rings. The predicted molar refractivity (Wildman–Crippen MR) is 72.8 cm³/mol. The minimum absolute atomic E-state index is 0.206. The number of hydrogen-bond acceptors (Lipinski definition) is 3. The van der Waals surface area contributed by atoms with Crippen LogP contribution in [0.3, 0.4) is 0 Å². The van der Waals surface area contributed by atoms with Gasteiger partial charge in [-0.3, -0.25) is 9.59 Å². The molecule has 0 spiro atoms. The van der Waals surface area contributed by atoms with Gasteiger partial charge in [-0.05, 0) is 5.75 Å². The smallest absolute Gasteiger partial charge is 0.293 e. The first kappa shape index (κ1) is 25.4. The molecule has 17 heavy (non-hydrogen) atoms. The second-order valence-electron chi connectivity index (χ2n) is 2.37. The number of carbonyl (C=O) groups is 2. The standard InChI is InChI=1S/C4H6F2O.C4H8OS.2C2H6/c1-3(7)4(2,5)6;1-3-6-4(2)5;2*1-2/h1-2H3;3H2,1-2H3;2*1-2H3. The van der Waals surface area contributed by atoms with Crippen LogP contribution < -0.4 is 0 Å². The Bertz CT molecular complexity index is 178. The number of thioether (sulfide) groups is 1. The van der Waals surface area contributed by atoms with Crippen LogP contribution >= 0.6 is 11.8 Å². The average molecular weight is 272 g/mol. The van der Waals surface area contributed by atoms with Gasteiger partial charge in [-0.2, -0.15) is 8.78 Å². The molecule has 0 unspecified atom stereocenters. The van der Waals surface area contributed by atoms with Crippen LogP contribution in [-0.2, 0) is 9.59 Å². The van der Waals surface area contributed by atoms with Crippen molar-refractivity contribution in [2.75, 3.05) is 5.75 Å². The van der Waals surface area contributed by atoms with E-state index in [0.717, 1.165) is 12.7 Å². The van der Waals surface area contributed by atoms with Crippen LogP contribution in [0, 0.1) is 0 Å². The molecule has 5 heteroatoms. The molecule has 0 saturated heterocycles. The van der Waals surface area contributed by atoms with Crippen LogP contribution in [0.4, 0.5) is 8.78 Å². The fraction of sp³-hybridized carbons (Fsp3) is 0.833. The molecule has 0 aromatic carbocycles. The van der Waals surface area contributed by atoms with Gasteiger partial charge in [-0.15, -0.1) is 0 Å². The molecular weight excluding hydrogens is 246 g/mol. The van der Waals surface area contributed by atoms with Gasteiger partial charge in [0, 0.05) is 20.8 Å². The van der Waals surface area contributed by atoms with Crippen molar-refractivity contribution in [1.29, 1.82) is 0 Å². The first-order valence-electron chi connectivity index (χ1n) is 5.74. The molecule has 0 saturated carbocycles. The molecule has 0 fully saturated rings.